The minimum atomic E-state index is -2.06. The average Bonchev–Trinajstić information content (AvgIpc) is 3.30. The first-order valence-corrected chi connectivity index (χ1v) is 13.8. The lowest BCUT2D eigenvalue weighted by molar-refractivity contribution is -0.213. The molecule has 0 aliphatic carbocycles. The molecule has 1 aromatic heterocycles. The van der Waals surface area contributed by atoms with Gasteiger partial charge < -0.3 is 14.4 Å². The van der Waals surface area contributed by atoms with Crippen molar-refractivity contribution in [2.75, 3.05) is 39.3 Å². The number of pyridine rings is 1. The summed E-state index contributed by atoms with van der Waals surface area (Å²) in [5, 5.41) is 5.89. The number of benzene rings is 1. The third-order valence-electron chi connectivity index (χ3n) is 8.27. The fraction of sp³-hybridized carbons (Fsp3) is 0.448. The van der Waals surface area contributed by atoms with E-state index < -0.39 is 29.6 Å². The summed E-state index contributed by atoms with van der Waals surface area (Å²) < 4.78 is 24.0. The van der Waals surface area contributed by atoms with E-state index in [1.165, 1.54) is 29.3 Å². The van der Waals surface area contributed by atoms with Crippen LogP contribution in [0.15, 0.2) is 53.9 Å². The van der Waals surface area contributed by atoms with E-state index in [0.29, 0.717) is 69.8 Å². The van der Waals surface area contributed by atoms with Gasteiger partial charge in [-0.25, -0.2) is 19.0 Å². The predicted octanol–water partition coefficient (Wildman–Crippen LogP) is 1.63. The van der Waals surface area contributed by atoms with Crippen molar-refractivity contribution in [1.29, 1.82) is 0 Å². The summed E-state index contributed by atoms with van der Waals surface area (Å²) in [6.07, 6.45) is 5.27. The number of piperidine rings is 2. The fourth-order valence-corrected chi connectivity index (χ4v) is 6.05. The van der Waals surface area contributed by atoms with Gasteiger partial charge in [0.2, 0.25) is 0 Å². The molecule has 5 heterocycles. The van der Waals surface area contributed by atoms with E-state index >= 15 is 0 Å². The zero-order valence-corrected chi connectivity index (χ0v) is 22.4. The first-order chi connectivity index (χ1) is 19.8. The Morgan fingerprint density at radius 2 is 1.71 bits per heavy atom. The van der Waals surface area contributed by atoms with Crippen molar-refractivity contribution >= 4 is 29.3 Å². The molecule has 2 aromatic rings. The second kappa shape index (κ2) is 11.1. The number of likely N-dealkylation sites (tertiary alicyclic amines) is 2. The molecule has 1 atom stereocenters. The van der Waals surface area contributed by atoms with Gasteiger partial charge in [0.25, 0.3) is 0 Å². The quantitative estimate of drug-likeness (QED) is 0.281. The first-order valence-electron chi connectivity index (χ1n) is 13.8. The van der Waals surface area contributed by atoms with Gasteiger partial charge in [0.15, 0.2) is 5.78 Å². The molecule has 0 N–H and O–H groups in total. The smallest absolute Gasteiger partial charge is 0.404 e. The van der Waals surface area contributed by atoms with Crippen LogP contribution < -0.4 is 0 Å². The number of ether oxygens (including phenoxy) is 2. The molecule has 4 aliphatic heterocycles. The van der Waals surface area contributed by atoms with Crippen molar-refractivity contribution in [1.82, 2.24) is 19.8 Å². The number of carbonyl (C=O) groups excluding carboxylic acids is 4. The van der Waals surface area contributed by atoms with Crippen molar-refractivity contribution in [3.8, 4) is 0 Å². The third kappa shape index (κ3) is 5.36. The number of ketones is 1. The van der Waals surface area contributed by atoms with Gasteiger partial charge in [0, 0.05) is 56.5 Å². The predicted molar refractivity (Wildman–Crippen MR) is 142 cm³/mol. The van der Waals surface area contributed by atoms with Gasteiger partial charge in [-0.2, -0.15) is 5.10 Å². The number of amides is 1. The second-order valence-electron chi connectivity index (χ2n) is 10.9. The highest BCUT2D eigenvalue weighted by molar-refractivity contribution is 6.32. The molecule has 1 amide bonds. The number of hydrogen-bond donors (Lipinski definition) is 0. The van der Waals surface area contributed by atoms with E-state index in [9.17, 15) is 23.6 Å². The number of hydrogen-bond acceptors (Lipinski definition) is 10. The van der Waals surface area contributed by atoms with Crippen LogP contribution in [0.25, 0.3) is 0 Å². The zero-order chi connectivity index (χ0) is 28.6. The molecule has 11 nitrogen and oxygen atoms in total. The van der Waals surface area contributed by atoms with Gasteiger partial charge in [0.05, 0.1) is 18.2 Å². The summed E-state index contributed by atoms with van der Waals surface area (Å²) in [7, 11) is 0. The second-order valence-corrected chi connectivity index (χ2v) is 10.9. The van der Waals surface area contributed by atoms with Crippen LogP contribution in [0.4, 0.5) is 4.39 Å². The van der Waals surface area contributed by atoms with Gasteiger partial charge >= 0.3 is 23.6 Å². The topological polar surface area (TPSA) is 122 Å². The molecule has 214 valence electrons. The molecule has 0 bridgehead atoms. The van der Waals surface area contributed by atoms with Crippen LogP contribution in [-0.4, -0.2) is 94.2 Å². The van der Waals surface area contributed by atoms with Crippen LogP contribution in [0.5, 0.6) is 0 Å². The SMILES string of the molecule is O=C1OC2(OC1=O)C(=O)N(CCN1CCC(C(=O)c3ccc(F)cc3)CC1)N=C1CCN(Cc3cccnc3)CC12. The van der Waals surface area contributed by atoms with Gasteiger partial charge in [-0.05, 0) is 61.8 Å². The summed E-state index contributed by atoms with van der Waals surface area (Å²) in [4.78, 5) is 59.3. The zero-order valence-electron chi connectivity index (χ0n) is 22.4. The van der Waals surface area contributed by atoms with E-state index in [-0.39, 0.29) is 24.1 Å². The number of halogens is 1. The lowest BCUT2D eigenvalue weighted by Gasteiger charge is -2.44. The maximum Gasteiger partial charge on any atom is 0.421 e. The van der Waals surface area contributed by atoms with Crippen LogP contribution in [0.1, 0.15) is 35.2 Å². The van der Waals surface area contributed by atoms with Gasteiger partial charge in [0.1, 0.15) is 5.82 Å². The molecule has 3 fully saturated rings. The molecule has 4 aliphatic rings. The first kappa shape index (κ1) is 27.2. The van der Waals surface area contributed by atoms with Crippen LogP contribution in [0.2, 0.25) is 0 Å². The van der Waals surface area contributed by atoms with E-state index in [2.05, 4.69) is 19.9 Å². The van der Waals surface area contributed by atoms with Gasteiger partial charge in [-0.15, -0.1) is 0 Å². The van der Waals surface area contributed by atoms with Crippen molar-refractivity contribution in [2.45, 2.75) is 31.6 Å². The number of carbonyl (C=O) groups is 4. The number of Topliss-reactive ketones (excluding diaryl/α,β-unsaturated/α-hetero) is 1. The Bertz CT molecular complexity index is 1360. The van der Waals surface area contributed by atoms with Gasteiger partial charge in [-0.1, -0.05) is 6.07 Å². The standard InChI is InChI=1S/C29H30FN5O6/c30-22-5-3-20(4-6-22)25(36)21-7-11-33(12-8-21)14-15-35-28(39)29(40-26(37)27(38)41-29)23-18-34(13-9-24(23)32-35)17-19-2-1-10-31-16-19/h1-6,10,16,21,23H,7-9,11-15,17-18H2. The van der Waals surface area contributed by atoms with Crippen LogP contribution in [0, 0.1) is 17.7 Å². The van der Waals surface area contributed by atoms with Crippen LogP contribution in [0.3, 0.4) is 0 Å². The Kier molecular flexibility index (Phi) is 7.35. The number of fused-ring (bicyclic) bond motifs is 2. The third-order valence-corrected chi connectivity index (χ3v) is 8.27. The van der Waals surface area contributed by atoms with E-state index in [0.717, 1.165) is 5.56 Å². The highest BCUT2D eigenvalue weighted by atomic mass is 19.1. The lowest BCUT2D eigenvalue weighted by Crippen LogP contribution is -2.64. The van der Waals surface area contributed by atoms with E-state index in [1.807, 2.05) is 12.1 Å². The van der Waals surface area contributed by atoms with Gasteiger partial charge in [-0.3, -0.25) is 19.5 Å². The minimum Gasteiger partial charge on any atom is -0.404 e. The van der Waals surface area contributed by atoms with E-state index in [4.69, 9.17) is 9.47 Å². The molecule has 41 heavy (non-hydrogen) atoms. The monoisotopic (exact) mass is 563 g/mol. The maximum absolute atomic E-state index is 13.7. The summed E-state index contributed by atoms with van der Waals surface area (Å²) in [5.41, 5.74) is 2.15. The average molecular weight is 564 g/mol. The van der Waals surface area contributed by atoms with Crippen molar-refractivity contribution in [3.05, 3.63) is 65.7 Å². The van der Waals surface area contributed by atoms with Crippen LogP contribution in [-0.2, 0) is 30.4 Å². The molecule has 0 saturated carbocycles. The number of nitrogens with zero attached hydrogens (tertiary/aromatic N) is 5. The highest BCUT2D eigenvalue weighted by Crippen LogP contribution is 2.39. The Morgan fingerprint density at radius 1 is 0.976 bits per heavy atom. The number of hydrazone groups is 1. The van der Waals surface area contributed by atoms with Crippen LogP contribution >= 0.6 is 0 Å². The Balaban J connectivity index is 1.11. The number of aromatic nitrogens is 1. The van der Waals surface area contributed by atoms with E-state index in [1.54, 1.807) is 12.4 Å². The minimum absolute atomic E-state index is 0.00924. The molecule has 1 spiro atoms. The summed E-state index contributed by atoms with van der Waals surface area (Å²) in [6, 6.07) is 9.42. The lowest BCUT2D eigenvalue weighted by atomic mass is 9.85. The molecular formula is C29H30FN5O6. The molecule has 6 rings (SSSR count). The molecule has 3 saturated heterocycles. The number of esters is 2. The largest absolute Gasteiger partial charge is 0.421 e. The Labute approximate surface area is 235 Å². The summed E-state index contributed by atoms with van der Waals surface area (Å²) in [5.74, 6) is -6.32. The van der Waals surface area contributed by atoms with Crippen molar-refractivity contribution < 1.29 is 33.0 Å². The maximum atomic E-state index is 13.7. The fourth-order valence-electron chi connectivity index (χ4n) is 6.05. The molecule has 12 heteroatoms. The molecule has 1 unspecified atom stereocenters. The number of rotatable bonds is 7. The summed E-state index contributed by atoms with van der Waals surface area (Å²) >= 11 is 0. The Hall–Kier alpha value is -4.03. The summed E-state index contributed by atoms with van der Waals surface area (Å²) in [6.45, 7) is 3.56. The van der Waals surface area contributed by atoms with Crippen molar-refractivity contribution in [3.63, 3.8) is 0 Å². The normalized spacial score (nSPS) is 23.2. The molecule has 1 aromatic carbocycles. The molecular weight excluding hydrogens is 533 g/mol. The highest BCUT2D eigenvalue weighted by Gasteiger charge is 2.65. The molecule has 0 radical (unpaired) electrons. The Morgan fingerprint density at radius 3 is 2.39 bits per heavy atom. The van der Waals surface area contributed by atoms with Crippen molar-refractivity contribution in [2.24, 2.45) is 16.9 Å².